The second-order valence-corrected chi connectivity index (χ2v) is 4.34. The molecule has 2 aromatic rings. The molecular weight excluding hydrogens is 276 g/mol. The number of aromatic nitrogens is 3. The van der Waals surface area contributed by atoms with E-state index in [9.17, 15) is 9.59 Å². The van der Waals surface area contributed by atoms with Gasteiger partial charge in [0.25, 0.3) is 5.91 Å². The first-order chi connectivity index (χ1) is 10.0. The van der Waals surface area contributed by atoms with E-state index in [1.807, 2.05) is 0 Å². The number of hydrogen-bond donors (Lipinski definition) is 2. The number of rotatable bonds is 5. The molecule has 0 bridgehead atoms. The van der Waals surface area contributed by atoms with Crippen LogP contribution in [0.5, 0.6) is 0 Å². The Balaban J connectivity index is 2.19. The topological polar surface area (TPSA) is 109 Å². The molecular formula is C13H15N4O4+. The highest BCUT2D eigenvalue weighted by Gasteiger charge is 2.18. The SMILES string of the molecule is CNC(=O)c1oc(-c2cc[n+](CCC(=O)O)nc2)nc1C. The zero-order valence-electron chi connectivity index (χ0n) is 11.7. The highest BCUT2D eigenvalue weighted by Crippen LogP contribution is 2.20. The second kappa shape index (κ2) is 6.12. The lowest BCUT2D eigenvalue weighted by molar-refractivity contribution is -0.752. The molecule has 2 rings (SSSR count). The van der Waals surface area contributed by atoms with Gasteiger partial charge in [-0.1, -0.05) is 4.68 Å². The molecule has 110 valence electrons. The van der Waals surface area contributed by atoms with Crippen molar-refractivity contribution >= 4 is 11.9 Å². The number of aryl methyl sites for hydroxylation is 2. The van der Waals surface area contributed by atoms with E-state index in [4.69, 9.17) is 9.52 Å². The number of nitrogens with one attached hydrogen (secondary N) is 1. The van der Waals surface area contributed by atoms with Crippen LogP contribution in [0.2, 0.25) is 0 Å². The number of carboxylic acid groups (broad SMARTS) is 1. The Morgan fingerprint density at radius 3 is 2.81 bits per heavy atom. The van der Waals surface area contributed by atoms with Crippen LogP contribution < -0.4 is 10.00 Å². The number of carbonyl (C=O) groups excluding carboxylic acids is 1. The third kappa shape index (κ3) is 3.41. The summed E-state index contributed by atoms with van der Waals surface area (Å²) < 4.78 is 6.93. The van der Waals surface area contributed by atoms with Gasteiger partial charge in [0.1, 0.15) is 12.6 Å². The standard InChI is InChI=1S/C13H14N4O4/c1-8-11(12(20)14-2)21-13(16-8)9-3-5-17(15-7-9)6-4-10(18)19/h3,5,7H,4,6H2,1-2H3,(H-,14,18,19,20)/p+1. The normalized spacial score (nSPS) is 10.4. The summed E-state index contributed by atoms with van der Waals surface area (Å²) in [5.41, 5.74) is 1.10. The molecule has 2 N–H and O–H groups in total. The van der Waals surface area contributed by atoms with Crippen LogP contribution in [-0.2, 0) is 11.3 Å². The Hall–Kier alpha value is -2.77. The summed E-state index contributed by atoms with van der Waals surface area (Å²) >= 11 is 0. The van der Waals surface area contributed by atoms with Crippen molar-refractivity contribution in [2.24, 2.45) is 0 Å². The predicted octanol–water partition coefficient (Wildman–Crippen LogP) is 0.167. The first-order valence-electron chi connectivity index (χ1n) is 6.28. The molecule has 0 aromatic carbocycles. The summed E-state index contributed by atoms with van der Waals surface area (Å²) in [6.45, 7) is 1.96. The number of nitrogens with zero attached hydrogens (tertiary/aromatic N) is 3. The van der Waals surface area contributed by atoms with Crippen molar-refractivity contribution in [2.75, 3.05) is 7.05 Å². The molecule has 0 aliphatic heterocycles. The van der Waals surface area contributed by atoms with Gasteiger partial charge in [-0.2, -0.15) is 0 Å². The quantitative estimate of drug-likeness (QED) is 0.760. The zero-order chi connectivity index (χ0) is 15.4. The molecule has 0 aliphatic carbocycles. The molecule has 0 radical (unpaired) electrons. The molecule has 0 unspecified atom stereocenters. The number of aliphatic carboxylic acids is 1. The van der Waals surface area contributed by atoms with Crippen LogP contribution in [-0.4, -0.2) is 34.1 Å². The molecule has 1 amide bonds. The van der Waals surface area contributed by atoms with Crippen molar-refractivity contribution in [2.45, 2.75) is 19.9 Å². The van der Waals surface area contributed by atoms with E-state index in [0.29, 0.717) is 17.1 Å². The van der Waals surface area contributed by atoms with Gasteiger partial charge in [-0.3, -0.25) is 9.59 Å². The van der Waals surface area contributed by atoms with Gasteiger partial charge in [0, 0.05) is 13.1 Å². The van der Waals surface area contributed by atoms with Gasteiger partial charge in [-0.05, 0) is 12.0 Å². The summed E-state index contributed by atoms with van der Waals surface area (Å²) in [6.07, 6.45) is 3.15. The molecule has 2 heterocycles. The first kappa shape index (κ1) is 14.6. The predicted molar refractivity (Wildman–Crippen MR) is 70.3 cm³/mol. The Morgan fingerprint density at radius 2 is 2.24 bits per heavy atom. The lowest BCUT2D eigenvalue weighted by Crippen LogP contribution is -2.38. The van der Waals surface area contributed by atoms with E-state index in [1.165, 1.54) is 17.9 Å². The largest absolute Gasteiger partial charge is 0.481 e. The molecule has 8 nitrogen and oxygen atoms in total. The molecule has 0 saturated heterocycles. The maximum Gasteiger partial charge on any atom is 0.309 e. The lowest BCUT2D eigenvalue weighted by Gasteiger charge is -1.95. The molecule has 0 fully saturated rings. The summed E-state index contributed by atoms with van der Waals surface area (Å²) in [4.78, 5) is 26.2. The third-order valence-electron chi connectivity index (χ3n) is 2.80. The average molecular weight is 291 g/mol. The van der Waals surface area contributed by atoms with Gasteiger partial charge in [0.15, 0.2) is 12.7 Å². The van der Waals surface area contributed by atoms with E-state index < -0.39 is 5.97 Å². The molecule has 0 spiro atoms. The Labute approximate surface area is 120 Å². The fourth-order valence-corrected chi connectivity index (χ4v) is 1.70. The zero-order valence-corrected chi connectivity index (χ0v) is 11.7. The number of oxazole rings is 1. The summed E-state index contributed by atoms with van der Waals surface area (Å²) in [7, 11) is 1.51. The van der Waals surface area contributed by atoms with Crippen LogP contribution in [0.15, 0.2) is 22.9 Å². The highest BCUT2D eigenvalue weighted by atomic mass is 16.4. The van der Waals surface area contributed by atoms with E-state index in [-0.39, 0.29) is 24.6 Å². The maximum absolute atomic E-state index is 11.6. The van der Waals surface area contributed by atoms with Gasteiger partial charge >= 0.3 is 5.97 Å². The van der Waals surface area contributed by atoms with Crippen LogP contribution >= 0.6 is 0 Å². The van der Waals surface area contributed by atoms with Gasteiger partial charge in [-0.25, -0.2) is 4.98 Å². The third-order valence-corrected chi connectivity index (χ3v) is 2.80. The minimum atomic E-state index is -0.882. The van der Waals surface area contributed by atoms with Gasteiger partial charge < -0.3 is 14.8 Å². The first-order valence-corrected chi connectivity index (χ1v) is 6.28. The molecule has 0 atom stereocenters. The van der Waals surface area contributed by atoms with Crippen molar-refractivity contribution in [3.8, 4) is 11.5 Å². The van der Waals surface area contributed by atoms with Gasteiger partial charge in [0.2, 0.25) is 11.7 Å². The van der Waals surface area contributed by atoms with E-state index in [0.717, 1.165) is 0 Å². The monoisotopic (exact) mass is 291 g/mol. The molecule has 2 aromatic heterocycles. The number of carboxylic acids is 1. The fraction of sp³-hybridized carbons (Fsp3) is 0.308. The van der Waals surface area contributed by atoms with E-state index in [2.05, 4.69) is 15.4 Å². The summed E-state index contributed by atoms with van der Waals surface area (Å²) in [5, 5.41) is 15.2. The van der Waals surface area contributed by atoms with Crippen LogP contribution in [0.1, 0.15) is 22.7 Å². The summed E-state index contributed by atoms with van der Waals surface area (Å²) in [6, 6.07) is 1.70. The number of carbonyl (C=O) groups is 2. The van der Waals surface area contributed by atoms with Crippen molar-refractivity contribution < 1.29 is 23.8 Å². The van der Waals surface area contributed by atoms with Crippen LogP contribution in [0.4, 0.5) is 0 Å². The van der Waals surface area contributed by atoms with Crippen molar-refractivity contribution in [3.05, 3.63) is 29.9 Å². The van der Waals surface area contributed by atoms with Crippen molar-refractivity contribution in [1.82, 2.24) is 15.4 Å². The lowest BCUT2D eigenvalue weighted by atomic mass is 10.3. The molecule has 0 aliphatic rings. The van der Waals surface area contributed by atoms with Gasteiger partial charge in [0.05, 0.1) is 11.3 Å². The minimum absolute atomic E-state index is 0.00402. The Morgan fingerprint density at radius 1 is 1.48 bits per heavy atom. The number of hydrogen-bond acceptors (Lipinski definition) is 5. The highest BCUT2D eigenvalue weighted by molar-refractivity contribution is 5.92. The maximum atomic E-state index is 11.6. The molecule has 21 heavy (non-hydrogen) atoms. The Bertz CT molecular complexity index is 663. The summed E-state index contributed by atoms with van der Waals surface area (Å²) in [5.74, 6) is -0.766. The van der Waals surface area contributed by atoms with E-state index >= 15 is 0 Å². The average Bonchev–Trinajstić information content (AvgIpc) is 2.87. The van der Waals surface area contributed by atoms with Crippen molar-refractivity contribution in [3.63, 3.8) is 0 Å². The van der Waals surface area contributed by atoms with Crippen LogP contribution in [0.3, 0.4) is 0 Å². The smallest absolute Gasteiger partial charge is 0.309 e. The number of amides is 1. The van der Waals surface area contributed by atoms with Crippen LogP contribution in [0.25, 0.3) is 11.5 Å². The van der Waals surface area contributed by atoms with Crippen LogP contribution in [0, 0.1) is 6.92 Å². The fourth-order valence-electron chi connectivity index (χ4n) is 1.70. The molecule has 8 heteroatoms. The minimum Gasteiger partial charge on any atom is -0.481 e. The van der Waals surface area contributed by atoms with Gasteiger partial charge in [-0.15, -0.1) is 0 Å². The van der Waals surface area contributed by atoms with Crippen molar-refractivity contribution in [1.29, 1.82) is 0 Å². The second-order valence-electron chi connectivity index (χ2n) is 4.34. The Kier molecular flexibility index (Phi) is 4.27. The molecule has 0 saturated carbocycles. The van der Waals surface area contributed by atoms with E-state index in [1.54, 1.807) is 19.2 Å².